The van der Waals surface area contributed by atoms with Gasteiger partial charge in [-0.1, -0.05) is 6.92 Å². The van der Waals surface area contributed by atoms with Gasteiger partial charge in [0.15, 0.2) is 0 Å². The lowest BCUT2D eigenvalue weighted by molar-refractivity contribution is -0.383. The Labute approximate surface area is 122 Å². The Kier molecular flexibility index (Phi) is 5.82. The third-order valence-electron chi connectivity index (χ3n) is 2.71. The van der Waals surface area contributed by atoms with E-state index in [9.17, 15) is 14.9 Å². The molecule has 9 nitrogen and oxygen atoms in total. The Balaban J connectivity index is 3.06. The molecule has 1 aromatic rings. The summed E-state index contributed by atoms with van der Waals surface area (Å²) < 4.78 is 0. The molecular weight excluding hydrogens is 276 g/mol. The molecule has 1 atom stereocenters. The van der Waals surface area contributed by atoms with E-state index >= 15 is 0 Å². The highest BCUT2D eigenvalue weighted by Crippen LogP contribution is 2.29. The fraction of sp³-hybridized carbons (Fsp3) is 0.583. The van der Waals surface area contributed by atoms with Crippen LogP contribution >= 0.6 is 0 Å². The number of aromatic nitrogens is 2. The Morgan fingerprint density at radius 2 is 2.05 bits per heavy atom. The van der Waals surface area contributed by atoms with Gasteiger partial charge in [0.05, 0.1) is 4.92 Å². The molecule has 0 saturated carbocycles. The predicted octanol–water partition coefficient (Wildman–Crippen LogP) is 1.10. The number of anilines is 2. The van der Waals surface area contributed by atoms with Gasteiger partial charge in [0, 0.05) is 20.6 Å². The smallest absolute Gasteiger partial charge is 0.353 e. The molecule has 0 spiro atoms. The zero-order valence-corrected chi connectivity index (χ0v) is 12.6. The van der Waals surface area contributed by atoms with Crippen LogP contribution in [0.5, 0.6) is 0 Å². The van der Waals surface area contributed by atoms with Crippen LogP contribution in [-0.4, -0.2) is 52.4 Å². The van der Waals surface area contributed by atoms with E-state index in [4.69, 9.17) is 0 Å². The van der Waals surface area contributed by atoms with Crippen molar-refractivity contribution >= 4 is 23.2 Å². The normalized spacial score (nSPS) is 11.6. The second kappa shape index (κ2) is 7.36. The maximum atomic E-state index is 11.8. The SMILES string of the molecule is CCCNc1ncnc(NC(C)C(=O)N(C)C)c1[N+](=O)[O-]. The largest absolute Gasteiger partial charge is 0.364 e. The van der Waals surface area contributed by atoms with Gasteiger partial charge in [-0.25, -0.2) is 9.97 Å². The van der Waals surface area contributed by atoms with Gasteiger partial charge >= 0.3 is 5.69 Å². The summed E-state index contributed by atoms with van der Waals surface area (Å²) in [5.41, 5.74) is -0.260. The van der Waals surface area contributed by atoms with Crippen molar-refractivity contribution in [2.45, 2.75) is 26.3 Å². The second-order valence-corrected chi connectivity index (χ2v) is 4.70. The molecule has 0 bridgehead atoms. The van der Waals surface area contributed by atoms with Crippen LogP contribution in [0, 0.1) is 10.1 Å². The lowest BCUT2D eigenvalue weighted by atomic mass is 10.3. The molecule has 0 aliphatic carbocycles. The van der Waals surface area contributed by atoms with E-state index in [1.165, 1.54) is 11.2 Å². The molecule has 1 heterocycles. The molecule has 9 heteroatoms. The standard InChI is InChI=1S/C12H20N6O3/c1-5-6-13-10-9(18(20)21)11(15-7-14-10)16-8(2)12(19)17(3)4/h7-8H,5-6H2,1-4H3,(H2,13,14,15,16). The summed E-state index contributed by atoms with van der Waals surface area (Å²) in [6.07, 6.45) is 2.03. The number of nitrogens with zero attached hydrogens (tertiary/aromatic N) is 4. The molecule has 0 aromatic carbocycles. The topological polar surface area (TPSA) is 113 Å². The molecule has 0 aliphatic rings. The first kappa shape index (κ1) is 16.6. The van der Waals surface area contributed by atoms with Crippen LogP contribution in [0.25, 0.3) is 0 Å². The fourth-order valence-electron chi connectivity index (χ4n) is 1.68. The molecule has 2 N–H and O–H groups in total. The van der Waals surface area contributed by atoms with Crippen LogP contribution in [0.1, 0.15) is 20.3 Å². The quantitative estimate of drug-likeness (QED) is 0.572. The number of carbonyl (C=O) groups is 1. The monoisotopic (exact) mass is 296 g/mol. The molecule has 0 saturated heterocycles. The third-order valence-corrected chi connectivity index (χ3v) is 2.71. The average molecular weight is 296 g/mol. The van der Waals surface area contributed by atoms with E-state index in [-0.39, 0.29) is 23.2 Å². The number of rotatable bonds is 7. The summed E-state index contributed by atoms with van der Waals surface area (Å²) in [4.78, 5) is 31.7. The maximum Gasteiger partial charge on any atom is 0.353 e. The first-order valence-corrected chi connectivity index (χ1v) is 6.59. The van der Waals surface area contributed by atoms with E-state index in [2.05, 4.69) is 20.6 Å². The minimum Gasteiger partial charge on any atom is -0.364 e. The molecule has 21 heavy (non-hydrogen) atoms. The lowest BCUT2D eigenvalue weighted by Crippen LogP contribution is -2.37. The van der Waals surface area contributed by atoms with Crippen LogP contribution < -0.4 is 10.6 Å². The first-order chi connectivity index (χ1) is 9.88. The Morgan fingerprint density at radius 3 is 2.57 bits per heavy atom. The summed E-state index contributed by atoms with van der Waals surface area (Å²) in [6, 6.07) is -0.632. The molecule has 1 unspecified atom stereocenters. The van der Waals surface area contributed by atoms with E-state index in [0.29, 0.717) is 6.54 Å². The average Bonchev–Trinajstić information content (AvgIpc) is 2.43. The van der Waals surface area contributed by atoms with Crippen molar-refractivity contribution in [2.24, 2.45) is 0 Å². The van der Waals surface area contributed by atoms with Crippen LogP contribution in [0.15, 0.2) is 6.33 Å². The summed E-state index contributed by atoms with van der Waals surface area (Å²) in [5.74, 6) is -0.0360. The van der Waals surface area contributed by atoms with Crippen LogP contribution in [0.4, 0.5) is 17.3 Å². The van der Waals surface area contributed by atoms with Crippen molar-refractivity contribution in [3.05, 3.63) is 16.4 Å². The number of nitrogens with one attached hydrogen (secondary N) is 2. The van der Waals surface area contributed by atoms with Crippen molar-refractivity contribution in [1.82, 2.24) is 14.9 Å². The van der Waals surface area contributed by atoms with Crippen LogP contribution in [0.2, 0.25) is 0 Å². The molecule has 116 valence electrons. The molecule has 1 amide bonds. The van der Waals surface area contributed by atoms with Crippen molar-refractivity contribution < 1.29 is 9.72 Å². The zero-order valence-electron chi connectivity index (χ0n) is 12.6. The maximum absolute atomic E-state index is 11.8. The first-order valence-electron chi connectivity index (χ1n) is 6.59. The molecule has 1 aromatic heterocycles. The van der Waals surface area contributed by atoms with Crippen molar-refractivity contribution in [1.29, 1.82) is 0 Å². The van der Waals surface area contributed by atoms with Crippen molar-refractivity contribution in [3.8, 4) is 0 Å². The highest BCUT2D eigenvalue weighted by molar-refractivity contribution is 5.85. The minimum atomic E-state index is -0.632. The fourth-order valence-corrected chi connectivity index (χ4v) is 1.68. The van der Waals surface area contributed by atoms with Gasteiger partial charge in [-0.15, -0.1) is 0 Å². The van der Waals surface area contributed by atoms with Gasteiger partial charge in [0.25, 0.3) is 0 Å². The highest BCUT2D eigenvalue weighted by Gasteiger charge is 2.25. The van der Waals surface area contributed by atoms with Gasteiger partial charge in [0.1, 0.15) is 12.4 Å². The van der Waals surface area contributed by atoms with Gasteiger partial charge in [0.2, 0.25) is 17.5 Å². The second-order valence-electron chi connectivity index (χ2n) is 4.70. The van der Waals surface area contributed by atoms with Crippen LogP contribution in [-0.2, 0) is 4.79 Å². The number of hydrogen-bond acceptors (Lipinski definition) is 7. The molecule has 0 radical (unpaired) electrons. The predicted molar refractivity (Wildman–Crippen MR) is 79.2 cm³/mol. The van der Waals surface area contributed by atoms with Gasteiger partial charge in [-0.3, -0.25) is 14.9 Å². The highest BCUT2D eigenvalue weighted by atomic mass is 16.6. The number of carbonyl (C=O) groups excluding carboxylic acids is 1. The van der Waals surface area contributed by atoms with E-state index in [0.717, 1.165) is 6.42 Å². The number of likely N-dealkylation sites (N-methyl/N-ethyl adjacent to an activating group) is 1. The lowest BCUT2D eigenvalue weighted by Gasteiger charge is -2.18. The van der Waals surface area contributed by atoms with Gasteiger partial charge in [-0.2, -0.15) is 0 Å². The van der Waals surface area contributed by atoms with E-state index < -0.39 is 11.0 Å². The summed E-state index contributed by atoms with van der Waals surface area (Å²) in [7, 11) is 3.23. The minimum absolute atomic E-state index is 0.0244. The van der Waals surface area contributed by atoms with Gasteiger partial charge in [-0.05, 0) is 13.3 Å². The third kappa shape index (κ3) is 4.26. The van der Waals surface area contributed by atoms with E-state index in [1.807, 2.05) is 6.92 Å². The number of amides is 1. The summed E-state index contributed by atoms with van der Waals surface area (Å²) in [5, 5.41) is 16.9. The zero-order chi connectivity index (χ0) is 16.0. The number of nitro groups is 1. The van der Waals surface area contributed by atoms with Crippen molar-refractivity contribution in [3.63, 3.8) is 0 Å². The molecular formula is C12H20N6O3. The number of hydrogen-bond donors (Lipinski definition) is 2. The molecule has 0 fully saturated rings. The van der Waals surface area contributed by atoms with Crippen LogP contribution in [0.3, 0.4) is 0 Å². The molecule has 0 aliphatic heterocycles. The molecule has 1 rings (SSSR count). The Bertz CT molecular complexity index is 520. The Morgan fingerprint density at radius 1 is 1.43 bits per heavy atom. The van der Waals surface area contributed by atoms with Gasteiger partial charge < -0.3 is 15.5 Å². The van der Waals surface area contributed by atoms with E-state index in [1.54, 1.807) is 21.0 Å². The summed E-state index contributed by atoms with van der Waals surface area (Å²) >= 11 is 0. The summed E-state index contributed by atoms with van der Waals surface area (Å²) in [6.45, 7) is 4.12. The van der Waals surface area contributed by atoms with Crippen molar-refractivity contribution in [2.75, 3.05) is 31.3 Å². The Hall–Kier alpha value is -2.45.